The zero-order valence-electron chi connectivity index (χ0n) is 25.1. The minimum absolute atomic E-state index is 0.0140. The van der Waals surface area contributed by atoms with Crippen LogP contribution in [0.25, 0.3) is 0 Å². The molecule has 0 fully saturated rings. The van der Waals surface area contributed by atoms with E-state index in [1.165, 1.54) is 25.2 Å². The largest absolute Gasteiger partial charge is 0.507 e. The molecule has 0 heterocycles. The second-order valence-electron chi connectivity index (χ2n) is 10.2. The zero-order chi connectivity index (χ0) is 31.2. The molecule has 0 radical (unpaired) electrons. The molecule has 3 aromatic rings. The summed E-state index contributed by atoms with van der Waals surface area (Å²) in [5, 5.41) is 20.6. The van der Waals surface area contributed by atoms with Crippen molar-refractivity contribution >= 4 is 46.1 Å². The van der Waals surface area contributed by atoms with Crippen molar-refractivity contribution in [1.29, 1.82) is 0 Å². The Balaban J connectivity index is 1.52. The van der Waals surface area contributed by atoms with E-state index >= 15 is 0 Å². The summed E-state index contributed by atoms with van der Waals surface area (Å²) in [6.45, 7) is 4.36. The second kappa shape index (κ2) is 18.0. The van der Waals surface area contributed by atoms with Crippen LogP contribution in [0, 0.1) is 3.57 Å². The van der Waals surface area contributed by atoms with Gasteiger partial charge in [0, 0.05) is 23.0 Å². The van der Waals surface area contributed by atoms with Crippen LogP contribution in [0.1, 0.15) is 78.2 Å². The molecular formula is C34H41IO7S. The third-order valence-electron chi connectivity index (χ3n) is 6.98. The molecular weight excluding hydrogens is 679 g/mol. The molecule has 3 aromatic carbocycles. The summed E-state index contributed by atoms with van der Waals surface area (Å²) >= 11 is 3.90. The van der Waals surface area contributed by atoms with Gasteiger partial charge in [0.25, 0.3) is 0 Å². The average molecular weight is 721 g/mol. The van der Waals surface area contributed by atoms with Crippen molar-refractivity contribution in [2.75, 3.05) is 26.1 Å². The molecule has 0 spiro atoms. The molecule has 0 aliphatic carbocycles. The molecule has 1 unspecified atom stereocenters. The number of carbonyl (C=O) groups is 2. The van der Waals surface area contributed by atoms with Gasteiger partial charge in [-0.1, -0.05) is 31.5 Å². The van der Waals surface area contributed by atoms with Crippen LogP contribution in [0.4, 0.5) is 0 Å². The Morgan fingerprint density at radius 2 is 1.70 bits per heavy atom. The van der Waals surface area contributed by atoms with Gasteiger partial charge in [-0.15, -0.1) is 0 Å². The fraction of sp³-hybridized carbons (Fsp3) is 0.412. The first-order chi connectivity index (χ1) is 20.7. The number of hydrogen-bond donors (Lipinski definition) is 2. The Kier molecular flexibility index (Phi) is 14.5. The number of aromatic hydroxyl groups is 2. The molecule has 232 valence electrons. The van der Waals surface area contributed by atoms with Gasteiger partial charge in [-0.2, -0.15) is 11.8 Å². The molecule has 0 amide bonds. The lowest BCUT2D eigenvalue weighted by molar-refractivity contribution is -0.140. The lowest BCUT2D eigenvalue weighted by Crippen LogP contribution is -2.07. The van der Waals surface area contributed by atoms with Crippen LogP contribution in [-0.4, -0.2) is 48.0 Å². The van der Waals surface area contributed by atoms with E-state index in [4.69, 9.17) is 14.2 Å². The Labute approximate surface area is 272 Å². The number of methoxy groups -OCH3 is 1. The molecule has 7 nitrogen and oxygen atoms in total. The lowest BCUT2D eigenvalue weighted by atomic mass is 10.0. The summed E-state index contributed by atoms with van der Waals surface area (Å²) in [6, 6.07) is 17.2. The highest BCUT2D eigenvalue weighted by atomic mass is 127. The number of phenolic OH excluding ortho intramolecular Hbond substituents is 2. The smallest absolute Gasteiger partial charge is 0.306 e. The standard InChI is InChI=1S/C34H41IO7S/c1-4-7-28-31(17-15-27(23(2)36)34(28)39)42-20-6-19-41-26-13-11-25(12-14-26)32(43-21-18-33(38)40-3)9-5-8-24-10-16-30(37)29(35)22-24/h10-17,22,32,37,39H,4-9,18-21H2,1-3H3. The van der Waals surface area contributed by atoms with Crippen LogP contribution < -0.4 is 9.47 Å². The topological polar surface area (TPSA) is 102 Å². The average Bonchev–Trinajstić information content (AvgIpc) is 2.99. The van der Waals surface area contributed by atoms with Crippen LogP contribution in [0.2, 0.25) is 0 Å². The number of esters is 1. The van der Waals surface area contributed by atoms with Gasteiger partial charge in [0.05, 0.1) is 35.9 Å². The van der Waals surface area contributed by atoms with Crippen molar-refractivity contribution < 1.29 is 34.0 Å². The fourth-order valence-corrected chi connectivity index (χ4v) is 6.50. The van der Waals surface area contributed by atoms with E-state index in [2.05, 4.69) is 34.7 Å². The molecule has 43 heavy (non-hydrogen) atoms. The summed E-state index contributed by atoms with van der Waals surface area (Å²) in [4.78, 5) is 23.4. The highest BCUT2D eigenvalue weighted by molar-refractivity contribution is 14.1. The van der Waals surface area contributed by atoms with E-state index in [-0.39, 0.29) is 22.8 Å². The van der Waals surface area contributed by atoms with Crippen LogP contribution >= 0.6 is 34.4 Å². The highest BCUT2D eigenvalue weighted by Gasteiger charge is 2.16. The maximum absolute atomic E-state index is 11.8. The van der Waals surface area contributed by atoms with Crippen molar-refractivity contribution in [3.8, 4) is 23.0 Å². The third-order valence-corrected chi connectivity index (χ3v) is 9.20. The van der Waals surface area contributed by atoms with Crippen molar-refractivity contribution in [3.05, 3.63) is 80.4 Å². The Morgan fingerprint density at radius 1 is 0.953 bits per heavy atom. The van der Waals surface area contributed by atoms with Crippen molar-refractivity contribution in [2.45, 2.75) is 64.0 Å². The summed E-state index contributed by atoms with van der Waals surface area (Å²) in [6.07, 6.45) is 5.32. The number of ether oxygens (including phenoxy) is 3. The van der Waals surface area contributed by atoms with E-state index in [1.807, 2.05) is 31.2 Å². The van der Waals surface area contributed by atoms with Crippen LogP contribution in [0.5, 0.6) is 23.0 Å². The van der Waals surface area contributed by atoms with Gasteiger partial charge in [0.2, 0.25) is 0 Å². The predicted octanol–water partition coefficient (Wildman–Crippen LogP) is 8.07. The number of halogens is 1. The molecule has 0 saturated heterocycles. The Bertz CT molecular complexity index is 1340. The van der Waals surface area contributed by atoms with E-state index < -0.39 is 0 Å². The zero-order valence-corrected chi connectivity index (χ0v) is 28.0. The lowest BCUT2D eigenvalue weighted by Gasteiger charge is -2.18. The number of ketones is 1. The predicted molar refractivity (Wildman–Crippen MR) is 180 cm³/mol. The van der Waals surface area contributed by atoms with Gasteiger partial charge in [-0.05, 0) is 103 Å². The number of phenols is 2. The maximum atomic E-state index is 11.8. The van der Waals surface area contributed by atoms with E-state index in [1.54, 1.807) is 30.0 Å². The quantitative estimate of drug-likeness (QED) is 0.0589. The molecule has 0 aliphatic rings. The SMILES string of the molecule is CCCc1c(OCCCOc2ccc(C(CCCc3ccc(O)c(I)c3)SCCC(=O)OC)cc2)ccc(C(C)=O)c1O. The maximum Gasteiger partial charge on any atom is 0.306 e. The molecule has 0 bridgehead atoms. The minimum Gasteiger partial charge on any atom is -0.507 e. The summed E-state index contributed by atoms with van der Waals surface area (Å²) in [7, 11) is 1.41. The van der Waals surface area contributed by atoms with Crippen molar-refractivity contribution in [1.82, 2.24) is 0 Å². The van der Waals surface area contributed by atoms with Crippen LogP contribution in [-0.2, 0) is 22.4 Å². The number of benzene rings is 3. The van der Waals surface area contributed by atoms with Gasteiger partial charge in [-0.25, -0.2) is 0 Å². The second-order valence-corrected chi connectivity index (χ2v) is 12.7. The molecule has 0 saturated carbocycles. The molecule has 0 aromatic heterocycles. The number of thioether (sulfide) groups is 1. The van der Waals surface area contributed by atoms with Gasteiger partial charge in [0.15, 0.2) is 5.78 Å². The molecule has 0 aliphatic heterocycles. The normalized spacial score (nSPS) is 11.6. The Hall–Kier alpha value is -2.92. The fourth-order valence-electron chi connectivity index (χ4n) is 4.67. The van der Waals surface area contributed by atoms with Gasteiger partial charge < -0.3 is 24.4 Å². The summed E-state index contributed by atoms with van der Waals surface area (Å²) in [5.41, 5.74) is 3.37. The number of rotatable bonds is 18. The molecule has 9 heteroatoms. The number of aryl methyl sites for hydroxylation is 1. The van der Waals surface area contributed by atoms with E-state index in [9.17, 15) is 19.8 Å². The van der Waals surface area contributed by atoms with Gasteiger partial charge in [0.1, 0.15) is 23.0 Å². The third kappa shape index (κ3) is 10.9. The van der Waals surface area contributed by atoms with E-state index in [0.29, 0.717) is 60.9 Å². The first kappa shape index (κ1) is 34.6. The van der Waals surface area contributed by atoms with Crippen molar-refractivity contribution in [2.24, 2.45) is 0 Å². The van der Waals surface area contributed by atoms with E-state index in [0.717, 1.165) is 35.0 Å². The highest BCUT2D eigenvalue weighted by Crippen LogP contribution is 2.36. The monoisotopic (exact) mass is 720 g/mol. The minimum atomic E-state index is -0.205. The van der Waals surface area contributed by atoms with Crippen molar-refractivity contribution in [3.63, 3.8) is 0 Å². The number of hydrogen-bond acceptors (Lipinski definition) is 8. The first-order valence-electron chi connectivity index (χ1n) is 14.6. The number of carbonyl (C=O) groups excluding carboxylic acids is 2. The van der Waals surface area contributed by atoms with Crippen LogP contribution in [0.3, 0.4) is 0 Å². The summed E-state index contributed by atoms with van der Waals surface area (Å²) in [5.74, 6) is 2.00. The van der Waals surface area contributed by atoms with Gasteiger partial charge in [-0.3, -0.25) is 9.59 Å². The Morgan fingerprint density at radius 3 is 2.37 bits per heavy atom. The first-order valence-corrected chi connectivity index (χ1v) is 16.7. The summed E-state index contributed by atoms with van der Waals surface area (Å²) < 4.78 is 17.6. The molecule has 1 atom stereocenters. The van der Waals surface area contributed by atoms with Crippen LogP contribution in [0.15, 0.2) is 54.6 Å². The molecule has 3 rings (SSSR count). The number of Topliss-reactive ketones (excluding diaryl/α,β-unsaturated/α-hetero) is 1. The van der Waals surface area contributed by atoms with Gasteiger partial charge >= 0.3 is 5.97 Å². The molecule has 2 N–H and O–H groups in total.